The summed E-state index contributed by atoms with van der Waals surface area (Å²) in [4.78, 5) is 0. The van der Waals surface area contributed by atoms with E-state index in [0.29, 0.717) is 0 Å². The van der Waals surface area contributed by atoms with Gasteiger partial charge in [-0.15, -0.1) is 0 Å². The summed E-state index contributed by atoms with van der Waals surface area (Å²) in [5.74, 6) is 0. The fraction of sp³-hybridized carbons (Fsp3) is 1.00. The molecule has 0 radical (unpaired) electrons. The second-order valence-electron chi connectivity index (χ2n) is 2.64. The zero-order valence-electron chi connectivity index (χ0n) is 9.77. The summed E-state index contributed by atoms with van der Waals surface area (Å²) >= 11 is -0.629. The standard InChI is InChI=1S/2C4H9O.Al.Li.2H/c2*1-2-3-4-5;;;;/h2*2-4H2,1H3;;;;/q2*-1;+2;+1;;-1. The van der Waals surface area contributed by atoms with Crippen LogP contribution in [0, 0.1) is 0 Å². The van der Waals surface area contributed by atoms with E-state index in [1.165, 1.54) is 25.7 Å². The number of unbranched alkanes of at least 4 members (excludes halogenated alkanes) is 2. The number of rotatable bonds is 8. The molecule has 0 saturated carbocycles. The summed E-state index contributed by atoms with van der Waals surface area (Å²) in [6.07, 6.45) is 4.76. The van der Waals surface area contributed by atoms with Gasteiger partial charge in [-0.05, 0) is 12.8 Å². The van der Waals surface area contributed by atoms with Crippen LogP contribution in [0.1, 0.15) is 41.0 Å². The van der Waals surface area contributed by atoms with Crippen molar-refractivity contribution in [2.75, 3.05) is 13.2 Å². The Morgan fingerprint density at radius 2 is 1.42 bits per heavy atom. The van der Waals surface area contributed by atoms with Gasteiger partial charge in [0, 0.05) is 13.2 Å². The van der Waals surface area contributed by atoms with Gasteiger partial charge in [-0.1, -0.05) is 26.7 Å². The van der Waals surface area contributed by atoms with E-state index in [1.54, 1.807) is 0 Å². The van der Waals surface area contributed by atoms with Crippen molar-refractivity contribution in [1.82, 2.24) is 0 Å². The van der Waals surface area contributed by atoms with E-state index in [4.69, 9.17) is 7.58 Å². The van der Waals surface area contributed by atoms with Crippen LogP contribution in [0.4, 0.5) is 0 Å². The predicted molar refractivity (Wildman–Crippen MR) is 50.0 cm³/mol. The van der Waals surface area contributed by atoms with Crippen molar-refractivity contribution in [2.45, 2.75) is 39.5 Å². The first kappa shape index (κ1) is 15.5. The van der Waals surface area contributed by atoms with Crippen LogP contribution in [0.15, 0.2) is 0 Å². The monoisotopic (exact) mass is 182 g/mol. The van der Waals surface area contributed by atoms with E-state index in [0.717, 1.165) is 13.2 Å². The van der Waals surface area contributed by atoms with E-state index in [2.05, 4.69) is 13.8 Å². The zero-order chi connectivity index (χ0) is 8.36. The van der Waals surface area contributed by atoms with E-state index in [1.807, 2.05) is 0 Å². The molecule has 4 heteroatoms. The SMILES string of the molecule is CCCC[O][AlH][O]CCCC.[H-].[Li+]. The third-order valence-corrected chi connectivity index (χ3v) is 2.36. The van der Waals surface area contributed by atoms with Crippen molar-refractivity contribution < 1.29 is 27.9 Å². The third-order valence-electron chi connectivity index (χ3n) is 1.45. The first-order chi connectivity index (χ1) is 5.41. The molecule has 12 heavy (non-hydrogen) atoms. The largest absolute Gasteiger partial charge is 1.00 e. The molecule has 0 spiro atoms. The molecule has 0 amide bonds. The smallest absolute Gasteiger partial charge is 1.00 e. The van der Waals surface area contributed by atoms with E-state index in [9.17, 15) is 0 Å². The molecular formula is C8H20AlLiO2. The fourth-order valence-corrected chi connectivity index (χ4v) is 1.43. The molecule has 0 aromatic rings. The first-order valence-electron chi connectivity index (χ1n) is 4.57. The Hall–Kier alpha value is 1.05. The minimum Gasteiger partial charge on any atom is -1.00 e. The molecule has 0 saturated heterocycles. The third kappa shape index (κ3) is 13.6. The molecule has 0 aliphatic heterocycles. The molecule has 0 fully saturated rings. The van der Waals surface area contributed by atoms with Crippen LogP contribution in [0.5, 0.6) is 0 Å². The van der Waals surface area contributed by atoms with Gasteiger partial charge in [0.1, 0.15) is 0 Å². The van der Waals surface area contributed by atoms with Crippen LogP contribution in [0.3, 0.4) is 0 Å². The molecule has 68 valence electrons. The molecule has 0 unspecified atom stereocenters. The fourth-order valence-electron chi connectivity index (χ4n) is 0.670. The molecule has 0 aliphatic rings. The minimum atomic E-state index is -0.629. The van der Waals surface area contributed by atoms with Gasteiger partial charge in [0.25, 0.3) is 0 Å². The van der Waals surface area contributed by atoms with Gasteiger partial charge in [-0.3, -0.25) is 0 Å². The topological polar surface area (TPSA) is 18.5 Å². The van der Waals surface area contributed by atoms with Crippen molar-refractivity contribution in [3.63, 3.8) is 0 Å². The van der Waals surface area contributed by atoms with E-state index >= 15 is 0 Å². The Balaban J connectivity index is -0.000000500. The van der Waals surface area contributed by atoms with Gasteiger partial charge in [-0.25, -0.2) is 0 Å². The molecule has 0 rings (SSSR count). The molecule has 0 atom stereocenters. The Labute approximate surface area is 96.4 Å². The van der Waals surface area contributed by atoms with Crippen LogP contribution in [-0.2, 0) is 7.58 Å². The average Bonchev–Trinajstić information content (AvgIpc) is 2.03. The molecule has 0 N–H and O–H groups in total. The van der Waals surface area contributed by atoms with Gasteiger partial charge in [0.05, 0.1) is 0 Å². The van der Waals surface area contributed by atoms with Crippen LogP contribution in [0.2, 0.25) is 0 Å². The number of hydrogen-bond donors (Lipinski definition) is 0. The maximum absolute atomic E-state index is 5.34. The Bertz CT molecular complexity index is 71.2. The van der Waals surface area contributed by atoms with Crippen molar-refractivity contribution in [2.24, 2.45) is 0 Å². The molecule has 0 aromatic carbocycles. The average molecular weight is 182 g/mol. The van der Waals surface area contributed by atoms with Crippen molar-refractivity contribution in [1.29, 1.82) is 0 Å². The minimum absolute atomic E-state index is 0. The summed E-state index contributed by atoms with van der Waals surface area (Å²) < 4.78 is 10.7. The normalized spacial score (nSPS) is 9.17. The van der Waals surface area contributed by atoms with E-state index in [-0.39, 0.29) is 20.3 Å². The predicted octanol–water partition coefficient (Wildman–Crippen LogP) is -0.997. The molecule has 0 bridgehead atoms. The van der Waals surface area contributed by atoms with Crippen molar-refractivity contribution >= 4 is 15.9 Å². The summed E-state index contributed by atoms with van der Waals surface area (Å²) in [6, 6.07) is 0. The Morgan fingerprint density at radius 1 is 1.00 bits per heavy atom. The van der Waals surface area contributed by atoms with Crippen molar-refractivity contribution in [3.05, 3.63) is 0 Å². The van der Waals surface area contributed by atoms with Gasteiger partial charge in [0.15, 0.2) is 0 Å². The second-order valence-corrected chi connectivity index (χ2v) is 3.69. The van der Waals surface area contributed by atoms with Crippen LogP contribution in [0.25, 0.3) is 0 Å². The van der Waals surface area contributed by atoms with Crippen LogP contribution >= 0.6 is 0 Å². The van der Waals surface area contributed by atoms with Crippen molar-refractivity contribution in [3.8, 4) is 0 Å². The summed E-state index contributed by atoms with van der Waals surface area (Å²) in [7, 11) is 0. The molecule has 2 nitrogen and oxygen atoms in total. The summed E-state index contributed by atoms with van der Waals surface area (Å²) in [5, 5.41) is 0. The summed E-state index contributed by atoms with van der Waals surface area (Å²) in [5.41, 5.74) is 0. The molecular weight excluding hydrogens is 162 g/mol. The van der Waals surface area contributed by atoms with E-state index < -0.39 is 15.9 Å². The molecule has 0 heterocycles. The van der Waals surface area contributed by atoms with Gasteiger partial charge < -0.3 is 9.00 Å². The molecule has 0 aliphatic carbocycles. The first-order valence-corrected chi connectivity index (χ1v) is 5.72. The maximum atomic E-state index is 5.34. The van der Waals surface area contributed by atoms with Crippen LogP contribution in [-0.4, -0.2) is 29.1 Å². The van der Waals surface area contributed by atoms with Gasteiger partial charge >= 0.3 is 34.7 Å². The quantitative estimate of drug-likeness (QED) is 0.354. The zero-order valence-corrected chi connectivity index (χ0v) is 10.2. The van der Waals surface area contributed by atoms with Crippen LogP contribution < -0.4 is 18.9 Å². The maximum Gasteiger partial charge on any atom is 1.00 e. The number of hydrogen-bond acceptors (Lipinski definition) is 2. The van der Waals surface area contributed by atoms with Gasteiger partial charge in [0.2, 0.25) is 0 Å². The Kier molecular flexibility index (Phi) is 18.8. The summed E-state index contributed by atoms with van der Waals surface area (Å²) in [6.45, 7) is 6.13. The Morgan fingerprint density at radius 3 is 1.75 bits per heavy atom. The second kappa shape index (κ2) is 14.6. The van der Waals surface area contributed by atoms with Gasteiger partial charge in [-0.2, -0.15) is 0 Å². The molecule has 0 aromatic heterocycles.